The van der Waals surface area contributed by atoms with E-state index in [-0.39, 0.29) is 12.1 Å². The summed E-state index contributed by atoms with van der Waals surface area (Å²) in [6.45, 7) is 2.04. The fraction of sp³-hybridized carbons (Fsp3) is 0.500. The van der Waals surface area contributed by atoms with Crippen LogP contribution in [0.4, 0.5) is 0 Å². The maximum Gasteiger partial charge on any atom is 0.240 e. The Labute approximate surface area is 102 Å². The molecule has 2 rings (SSSR count). The van der Waals surface area contributed by atoms with Crippen molar-refractivity contribution in [3.05, 3.63) is 29.8 Å². The zero-order valence-corrected chi connectivity index (χ0v) is 10.7. The van der Waals surface area contributed by atoms with Gasteiger partial charge in [-0.1, -0.05) is 19.1 Å². The van der Waals surface area contributed by atoms with Gasteiger partial charge in [-0.05, 0) is 37.0 Å². The summed E-state index contributed by atoms with van der Waals surface area (Å²) in [6.07, 6.45) is 2.36. The fourth-order valence-corrected chi connectivity index (χ4v) is 3.21. The van der Waals surface area contributed by atoms with E-state index in [1.165, 1.54) is 0 Å². The fourth-order valence-electron chi connectivity index (χ4n) is 1.95. The van der Waals surface area contributed by atoms with E-state index < -0.39 is 10.0 Å². The number of aryl methyl sites for hydroxylation is 1. The Balaban J connectivity index is 2.08. The third-order valence-corrected chi connectivity index (χ3v) is 4.67. The highest BCUT2D eigenvalue weighted by Crippen LogP contribution is 2.20. The smallest absolute Gasteiger partial charge is 0.240 e. The van der Waals surface area contributed by atoms with E-state index in [1.54, 1.807) is 12.1 Å². The lowest BCUT2D eigenvalue weighted by Crippen LogP contribution is -2.50. The molecule has 1 aliphatic carbocycles. The molecule has 1 aromatic carbocycles. The summed E-state index contributed by atoms with van der Waals surface area (Å²) in [7, 11) is -3.37. The maximum absolute atomic E-state index is 12.0. The Morgan fingerprint density at radius 1 is 1.29 bits per heavy atom. The molecule has 0 radical (unpaired) electrons. The summed E-state index contributed by atoms with van der Waals surface area (Å²) < 4.78 is 26.6. The molecular weight excluding hydrogens is 236 g/mol. The Kier molecular flexibility index (Phi) is 3.51. The van der Waals surface area contributed by atoms with Crippen LogP contribution in [0.5, 0.6) is 0 Å². The Morgan fingerprint density at radius 2 is 1.88 bits per heavy atom. The van der Waals surface area contributed by atoms with Gasteiger partial charge in [0.15, 0.2) is 0 Å². The second-order valence-corrected chi connectivity index (χ2v) is 6.26. The first-order valence-electron chi connectivity index (χ1n) is 5.88. The van der Waals surface area contributed by atoms with Crippen molar-refractivity contribution in [1.82, 2.24) is 4.72 Å². The van der Waals surface area contributed by atoms with Crippen LogP contribution in [0.1, 0.15) is 25.3 Å². The van der Waals surface area contributed by atoms with Crippen molar-refractivity contribution in [1.29, 1.82) is 0 Å². The van der Waals surface area contributed by atoms with Gasteiger partial charge < -0.3 is 5.73 Å². The Hall–Kier alpha value is -0.910. The molecule has 0 bridgehead atoms. The number of hydrogen-bond donors (Lipinski definition) is 2. The van der Waals surface area contributed by atoms with Crippen molar-refractivity contribution < 1.29 is 8.42 Å². The lowest BCUT2D eigenvalue weighted by atomic mass is 9.89. The van der Waals surface area contributed by atoms with E-state index >= 15 is 0 Å². The number of nitrogens with one attached hydrogen (secondary N) is 1. The molecule has 0 atom stereocenters. The van der Waals surface area contributed by atoms with Gasteiger partial charge in [-0.25, -0.2) is 13.1 Å². The van der Waals surface area contributed by atoms with Crippen LogP contribution in [0.2, 0.25) is 0 Å². The van der Waals surface area contributed by atoms with Crippen molar-refractivity contribution in [2.75, 3.05) is 0 Å². The van der Waals surface area contributed by atoms with Gasteiger partial charge in [-0.2, -0.15) is 0 Å². The summed E-state index contributed by atoms with van der Waals surface area (Å²) in [4.78, 5) is 0.329. The van der Waals surface area contributed by atoms with E-state index in [4.69, 9.17) is 5.73 Å². The summed E-state index contributed by atoms with van der Waals surface area (Å²) in [5.74, 6) is 0. The van der Waals surface area contributed by atoms with Crippen molar-refractivity contribution in [3.8, 4) is 0 Å². The minimum absolute atomic E-state index is 0.000789. The van der Waals surface area contributed by atoms with Crippen LogP contribution in [-0.4, -0.2) is 20.5 Å². The normalized spacial score (nSPS) is 24.4. The molecule has 0 spiro atoms. The van der Waals surface area contributed by atoms with Gasteiger partial charge in [0.1, 0.15) is 0 Å². The first-order chi connectivity index (χ1) is 8.01. The van der Waals surface area contributed by atoms with Crippen LogP contribution in [0.15, 0.2) is 29.2 Å². The van der Waals surface area contributed by atoms with E-state index in [0.29, 0.717) is 4.90 Å². The van der Waals surface area contributed by atoms with Crippen LogP contribution < -0.4 is 10.5 Å². The van der Waals surface area contributed by atoms with Gasteiger partial charge >= 0.3 is 0 Å². The third kappa shape index (κ3) is 2.86. The highest BCUT2D eigenvalue weighted by molar-refractivity contribution is 7.89. The summed E-state index contributed by atoms with van der Waals surface area (Å²) >= 11 is 0. The van der Waals surface area contributed by atoms with E-state index in [9.17, 15) is 8.42 Å². The van der Waals surface area contributed by atoms with Crippen LogP contribution in [0.3, 0.4) is 0 Å². The monoisotopic (exact) mass is 254 g/mol. The van der Waals surface area contributed by atoms with Crippen LogP contribution in [0.25, 0.3) is 0 Å². The number of sulfonamides is 1. The summed E-state index contributed by atoms with van der Waals surface area (Å²) in [5, 5.41) is 0. The molecule has 0 aromatic heterocycles. The number of rotatable bonds is 4. The predicted molar refractivity (Wildman–Crippen MR) is 67.1 cm³/mol. The van der Waals surface area contributed by atoms with Gasteiger partial charge in [0, 0.05) is 12.1 Å². The van der Waals surface area contributed by atoms with Crippen molar-refractivity contribution in [2.45, 2.75) is 43.2 Å². The molecule has 1 fully saturated rings. The molecule has 0 amide bonds. The highest BCUT2D eigenvalue weighted by atomic mass is 32.2. The molecular formula is C12H18N2O2S. The molecule has 17 heavy (non-hydrogen) atoms. The minimum atomic E-state index is -3.37. The van der Waals surface area contributed by atoms with Gasteiger partial charge in [0.2, 0.25) is 10.0 Å². The Bertz CT molecular complexity index is 476. The summed E-state index contributed by atoms with van der Waals surface area (Å²) in [5.41, 5.74) is 6.76. The molecule has 3 N–H and O–H groups in total. The minimum Gasteiger partial charge on any atom is -0.328 e. The Morgan fingerprint density at radius 3 is 2.35 bits per heavy atom. The molecule has 0 saturated heterocycles. The first kappa shape index (κ1) is 12.5. The van der Waals surface area contributed by atoms with Crippen molar-refractivity contribution >= 4 is 10.0 Å². The lowest BCUT2D eigenvalue weighted by Gasteiger charge is -2.32. The van der Waals surface area contributed by atoms with Crippen molar-refractivity contribution in [2.24, 2.45) is 5.73 Å². The number of hydrogen-bond acceptors (Lipinski definition) is 3. The van der Waals surface area contributed by atoms with Crippen LogP contribution >= 0.6 is 0 Å². The number of benzene rings is 1. The molecule has 1 aliphatic rings. The molecule has 94 valence electrons. The van der Waals surface area contributed by atoms with E-state index in [0.717, 1.165) is 24.8 Å². The zero-order chi connectivity index (χ0) is 12.5. The molecule has 0 heterocycles. The SMILES string of the molecule is CCc1ccc(S(=O)(=O)NC2CC(N)C2)cc1. The molecule has 5 heteroatoms. The quantitative estimate of drug-likeness (QED) is 0.842. The molecule has 0 aliphatic heterocycles. The molecule has 0 unspecified atom stereocenters. The highest BCUT2D eigenvalue weighted by Gasteiger charge is 2.30. The van der Waals surface area contributed by atoms with Crippen LogP contribution in [0, 0.1) is 0 Å². The van der Waals surface area contributed by atoms with E-state index in [2.05, 4.69) is 4.72 Å². The van der Waals surface area contributed by atoms with Gasteiger partial charge in [0.05, 0.1) is 4.90 Å². The van der Waals surface area contributed by atoms with Crippen molar-refractivity contribution in [3.63, 3.8) is 0 Å². The second-order valence-electron chi connectivity index (χ2n) is 4.55. The lowest BCUT2D eigenvalue weighted by molar-refractivity contribution is 0.327. The molecule has 4 nitrogen and oxygen atoms in total. The zero-order valence-electron chi connectivity index (χ0n) is 9.89. The standard InChI is InChI=1S/C12H18N2O2S/c1-2-9-3-5-12(6-4-9)17(15,16)14-11-7-10(13)8-11/h3-6,10-11,14H,2,7-8,13H2,1H3. The topological polar surface area (TPSA) is 72.2 Å². The molecule has 1 aromatic rings. The first-order valence-corrected chi connectivity index (χ1v) is 7.36. The number of nitrogens with two attached hydrogens (primary N) is 1. The largest absolute Gasteiger partial charge is 0.328 e. The maximum atomic E-state index is 12.0. The average Bonchev–Trinajstić information content (AvgIpc) is 2.27. The third-order valence-electron chi connectivity index (χ3n) is 3.14. The van der Waals surface area contributed by atoms with Gasteiger partial charge in [-0.15, -0.1) is 0 Å². The van der Waals surface area contributed by atoms with Gasteiger partial charge in [0.25, 0.3) is 0 Å². The van der Waals surface area contributed by atoms with E-state index in [1.807, 2.05) is 19.1 Å². The van der Waals surface area contributed by atoms with Gasteiger partial charge in [-0.3, -0.25) is 0 Å². The molecule has 1 saturated carbocycles. The van der Waals surface area contributed by atoms with Crippen LogP contribution in [-0.2, 0) is 16.4 Å². The predicted octanol–water partition coefficient (Wildman–Crippen LogP) is 1.02. The second kappa shape index (κ2) is 4.76. The summed E-state index contributed by atoms with van der Waals surface area (Å²) in [6, 6.07) is 7.15. The average molecular weight is 254 g/mol.